The topological polar surface area (TPSA) is 90.2 Å². The molecule has 0 amide bonds. The van der Waals surface area contributed by atoms with Gasteiger partial charge in [-0.25, -0.2) is 0 Å². The summed E-state index contributed by atoms with van der Waals surface area (Å²) in [6.45, 7) is -0.432. The van der Waals surface area contributed by atoms with Crippen LogP contribution in [0.1, 0.15) is 0 Å². The minimum atomic E-state index is -1.35. The number of aliphatic hydroxyl groups excluding tert-OH is 4. The molecular formula is C6H11NaO5S. The van der Waals surface area contributed by atoms with Gasteiger partial charge >= 0.3 is 29.6 Å². The molecule has 0 bridgehead atoms. The Hall–Kier alpha value is 1.15. The van der Waals surface area contributed by atoms with Crippen LogP contribution in [0.15, 0.2) is 0 Å². The van der Waals surface area contributed by atoms with Gasteiger partial charge in [0.05, 0.1) is 12.7 Å². The molecule has 1 saturated heterocycles. The summed E-state index contributed by atoms with van der Waals surface area (Å²) in [5.74, 6) is 0. The van der Waals surface area contributed by atoms with Crippen LogP contribution in [0.25, 0.3) is 0 Å². The third-order valence-corrected chi connectivity index (χ3v) is 2.24. The Bertz CT molecular complexity index is 155. The van der Waals surface area contributed by atoms with Crippen LogP contribution in [0.3, 0.4) is 0 Å². The molecule has 1 fully saturated rings. The van der Waals surface area contributed by atoms with Crippen molar-refractivity contribution in [1.29, 1.82) is 0 Å². The van der Waals surface area contributed by atoms with Gasteiger partial charge < -0.3 is 37.8 Å². The Morgan fingerprint density at radius 2 is 1.62 bits per heavy atom. The zero-order chi connectivity index (χ0) is 9.30. The maximum Gasteiger partial charge on any atom is 1.00 e. The Morgan fingerprint density at radius 3 is 2.08 bits per heavy atom. The van der Waals surface area contributed by atoms with Gasteiger partial charge in [0.2, 0.25) is 0 Å². The molecule has 0 aromatic carbocycles. The van der Waals surface area contributed by atoms with Crippen molar-refractivity contribution in [3.63, 3.8) is 0 Å². The summed E-state index contributed by atoms with van der Waals surface area (Å²) in [5.41, 5.74) is -0.986. The molecule has 13 heavy (non-hydrogen) atoms. The van der Waals surface area contributed by atoms with Crippen molar-refractivity contribution in [3.8, 4) is 0 Å². The molecule has 5 nitrogen and oxygen atoms in total. The van der Waals surface area contributed by atoms with E-state index in [9.17, 15) is 5.11 Å². The van der Waals surface area contributed by atoms with E-state index in [0.29, 0.717) is 0 Å². The molecule has 5 atom stereocenters. The van der Waals surface area contributed by atoms with E-state index in [2.05, 4.69) is 12.6 Å². The molecule has 0 spiro atoms. The second-order valence-electron chi connectivity index (χ2n) is 2.70. The zero-order valence-electron chi connectivity index (χ0n) is 7.20. The average molecular weight is 224 g/mol. The molecule has 0 saturated carbocycles. The van der Waals surface area contributed by atoms with Gasteiger partial charge in [-0.15, -0.1) is 0 Å². The summed E-state index contributed by atoms with van der Waals surface area (Å²) in [5, 5.41) is 36.1. The van der Waals surface area contributed by atoms with E-state index in [-0.39, 0.29) is 29.6 Å². The first-order valence-corrected chi connectivity index (χ1v) is 4.01. The minimum Gasteiger partial charge on any atom is -0.759 e. The normalized spacial score (nSPS) is 45.5. The van der Waals surface area contributed by atoms with Crippen LogP contribution >= 0.6 is 0 Å². The van der Waals surface area contributed by atoms with Crippen LogP contribution in [0.2, 0.25) is 0 Å². The van der Waals surface area contributed by atoms with Crippen LogP contribution in [-0.2, 0) is 17.4 Å². The molecule has 1 heterocycles. The van der Waals surface area contributed by atoms with E-state index in [4.69, 9.17) is 20.1 Å². The van der Waals surface area contributed by atoms with Crippen molar-refractivity contribution in [2.24, 2.45) is 0 Å². The van der Waals surface area contributed by atoms with Crippen molar-refractivity contribution in [3.05, 3.63) is 0 Å². The summed E-state index contributed by atoms with van der Waals surface area (Å²) in [4.78, 5) is 0. The Balaban J connectivity index is 0.00000144. The van der Waals surface area contributed by atoms with E-state index >= 15 is 0 Å². The molecule has 0 unspecified atom stereocenters. The fourth-order valence-electron chi connectivity index (χ4n) is 1.07. The molecule has 0 radical (unpaired) electrons. The zero-order valence-corrected chi connectivity index (χ0v) is 10.0. The van der Waals surface area contributed by atoms with E-state index in [0.717, 1.165) is 0 Å². The van der Waals surface area contributed by atoms with Crippen molar-refractivity contribution < 1.29 is 54.7 Å². The van der Waals surface area contributed by atoms with Crippen molar-refractivity contribution >= 4 is 12.6 Å². The molecule has 0 aliphatic carbocycles. The van der Waals surface area contributed by atoms with Gasteiger partial charge in [-0.1, -0.05) is 0 Å². The summed E-state index contributed by atoms with van der Waals surface area (Å²) < 4.78 is 4.84. The summed E-state index contributed by atoms with van der Waals surface area (Å²) in [7, 11) is 0. The Kier molecular flexibility index (Phi) is 6.41. The van der Waals surface area contributed by atoms with Crippen molar-refractivity contribution in [2.45, 2.75) is 29.9 Å². The number of hydrogen-bond donors (Lipinski definition) is 4. The second kappa shape index (κ2) is 5.89. The number of hydrogen-bond acceptors (Lipinski definition) is 6. The first-order chi connectivity index (χ1) is 5.57. The smallest absolute Gasteiger partial charge is 0.759 e. The number of rotatable bonds is 1. The van der Waals surface area contributed by atoms with Gasteiger partial charge in [-0.2, -0.15) is 0 Å². The third kappa shape index (κ3) is 3.05. The molecule has 1 rings (SSSR count). The molecule has 0 aromatic heterocycles. The van der Waals surface area contributed by atoms with Crippen LogP contribution in [-0.4, -0.2) is 56.9 Å². The van der Waals surface area contributed by atoms with E-state index < -0.39 is 36.5 Å². The summed E-state index contributed by atoms with van der Waals surface area (Å²) in [6, 6.07) is 0. The monoisotopic (exact) mass is 224 g/mol. The van der Waals surface area contributed by atoms with E-state index in [1.54, 1.807) is 0 Å². The predicted molar refractivity (Wildman–Crippen MR) is 41.1 cm³/mol. The maximum absolute atomic E-state index is 9.18. The van der Waals surface area contributed by atoms with Crippen molar-refractivity contribution in [2.75, 3.05) is 6.61 Å². The molecule has 7 heteroatoms. The van der Waals surface area contributed by atoms with Crippen LogP contribution in [0.5, 0.6) is 0 Å². The fraction of sp³-hybridized carbons (Fsp3) is 1.00. The Morgan fingerprint density at radius 1 is 1.08 bits per heavy atom. The van der Waals surface area contributed by atoms with Crippen LogP contribution in [0, 0.1) is 0 Å². The van der Waals surface area contributed by atoms with Gasteiger partial charge in [0, 0.05) is 0 Å². The molecule has 1 aliphatic heterocycles. The quantitative estimate of drug-likeness (QED) is 0.202. The maximum atomic E-state index is 9.18. The van der Waals surface area contributed by atoms with E-state index in [1.165, 1.54) is 0 Å². The van der Waals surface area contributed by atoms with E-state index in [1.807, 2.05) is 0 Å². The standard InChI is InChI=1S/C6H12O5S.Na/c7-1-2-3(8)4(9)5(10)6(12)11-2;/h2-10,12H,1H2;/q;+1/p-1/t2-,3-,4+,5-,6+;/m1./s1/i1+1,2+1,3+1,4+1,5+1,6+1;. The first-order valence-electron chi connectivity index (χ1n) is 3.54. The minimum absolute atomic E-state index is 0. The van der Waals surface area contributed by atoms with Gasteiger partial charge in [0.1, 0.15) is 18.3 Å². The van der Waals surface area contributed by atoms with Gasteiger partial charge in [0.25, 0.3) is 0 Å². The molecule has 4 N–H and O–H groups in total. The van der Waals surface area contributed by atoms with Gasteiger partial charge in [0.15, 0.2) is 0 Å². The third-order valence-electron chi connectivity index (χ3n) is 1.85. The molecule has 0 aromatic rings. The number of ether oxygens (including phenoxy) is 1. The van der Waals surface area contributed by atoms with Gasteiger partial charge in [-0.3, -0.25) is 0 Å². The largest absolute Gasteiger partial charge is 1.00 e. The second-order valence-corrected chi connectivity index (χ2v) is 3.16. The van der Waals surface area contributed by atoms with Gasteiger partial charge in [-0.05, 0) is 5.44 Å². The number of aliphatic hydroxyl groups is 4. The average Bonchev–Trinajstić information content (AvgIpc) is 2.08. The van der Waals surface area contributed by atoms with Crippen LogP contribution < -0.4 is 29.6 Å². The van der Waals surface area contributed by atoms with Crippen molar-refractivity contribution in [1.82, 2.24) is 0 Å². The summed E-state index contributed by atoms with van der Waals surface area (Å²) >= 11 is 4.63. The SMILES string of the molecule is O[13CH2][13C@H]1O[13C@@H]([S-])[13C@H](O)[13C@@H](O)[13C@@H]1O.[Na+]. The van der Waals surface area contributed by atoms with Crippen LogP contribution in [0.4, 0.5) is 0 Å². The molecular weight excluding hydrogens is 213 g/mol. The molecule has 72 valence electrons. The Labute approximate surface area is 103 Å². The molecule has 1 aliphatic rings. The first kappa shape index (κ1) is 14.2. The summed E-state index contributed by atoms with van der Waals surface area (Å²) in [6.07, 6.45) is -4.83. The fourth-order valence-corrected chi connectivity index (χ4v) is 1.37. The predicted octanol–water partition coefficient (Wildman–Crippen LogP) is -5.66.